The van der Waals surface area contributed by atoms with Crippen molar-refractivity contribution in [1.82, 2.24) is 4.90 Å². The van der Waals surface area contributed by atoms with Gasteiger partial charge in [0.1, 0.15) is 5.75 Å². The predicted molar refractivity (Wildman–Crippen MR) is 121 cm³/mol. The number of phenols is 1. The fraction of sp³-hybridized carbons (Fsp3) is 0.520. The zero-order chi connectivity index (χ0) is 22.0. The number of halogens is 1. The molecule has 2 aliphatic carbocycles. The molecule has 0 aromatic heterocycles. The van der Waals surface area contributed by atoms with Gasteiger partial charge in [-0.1, -0.05) is 33.8 Å². The highest BCUT2D eigenvalue weighted by atomic mass is 79.9. The molecule has 3 aliphatic rings. The minimum atomic E-state index is -0.359. The second kappa shape index (κ2) is 7.08. The lowest BCUT2D eigenvalue weighted by atomic mass is 9.63. The molecule has 1 aromatic carbocycles. The Balaban J connectivity index is 2.00. The van der Waals surface area contributed by atoms with E-state index in [0.717, 1.165) is 47.5 Å². The largest absolute Gasteiger partial charge is 0.507 e. The second-order valence-electron chi connectivity index (χ2n) is 10.5. The van der Waals surface area contributed by atoms with Crippen LogP contribution in [0.25, 0.3) is 0 Å². The SMILES string of the molecule is CCN1C2=C(C(=O)CC(C)(C)C2)C(c2ccc(O)c(Br)c2)C2=C1CC(C)(C)CC2=O. The van der Waals surface area contributed by atoms with Gasteiger partial charge in [-0.3, -0.25) is 9.59 Å². The molecule has 0 saturated heterocycles. The average Bonchev–Trinajstić information content (AvgIpc) is 2.60. The summed E-state index contributed by atoms with van der Waals surface area (Å²) < 4.78 is 0.578. The number of benzene rings is 1. The first-order valence-electron chi connectivity index (χ1n) is 10.7. The first-order valence-corrected chi connectivity index (χ1v) is 11.5. The number of carbonyl (C=O) groups excluding carboxylic acids is 2. The summed E-state index contributed by atoms with van der Waals surface area (Å²) in [6.07, 6.45) is 2.62. The Hall–Kier alpha value is -1.88. The van der Waals surface area contributed by atoms with Crippen LogP contribution in [-0.2, 0) is 9.59 Å². The molecule has 1 aliphatic heterocycles. The molecule has 0 atom stereocenters. The number of ketones is 2. The summed E-state index contributed by atoms with van der Waals surface area (Å²) in [4.78, 5) is 29.2. The highest BCUT2D eigenvalue weighted by Crippen LogP contribution is 2.54. The zero-order valence-electron chi connectivity index (χ0n) is 18.4. The van der Waals surface area contributed by atoms with Crippen LogP contribution in [0.15, 0.2) is 45.2 Å². The molecule has 0 fully saturated rings. The highest BCUT2D eigenvalue weighted by Gasteiger charge is 2.48. The molecule has 1 heterocycles. The summed E-state index contributed by atoms with van der Waals surface area (Å²) >= 11 is 3.42. The van der Waals surface area contributed by atoms with Gasteiger partial charge in [-0.05, 0) is 64.2 Å². The van der Waals surface area contributed by atoms with Gasteiger partial charge in [-0.2, -0.15) is 0 Å². The molecule has 0 amide bonds. The number of Topliss-reactive ketones (excluding diaryl/α,β-unsaturated/α-hetero) is 2. The van der Waals surface area contributed by atoms with Crippen LogP contribution >= 0.6 is 15.9 Å². The Morgan fingerprint density at radius 3 is 1.90 bits per heavy atom. The fourth-order valence-electron chi connectivity index (χ4n) is 5.47. The highest BCUT2D eigenvalue weighted by molar-refractivity contribution is 9.10. The number of phenolic OH excluding ortho intramolecular Hbond substituents is 1. The van der Waals surface area contributed by atoms with Gasteiger partial charge in [-0.15, -0.1) is 0 Å². The monoisotopic (exact) mass is 471 g/mol. The van der Waals surface area contributed by atoms with Gasteiger partial charge in [0.25, 0.3) is 0 Å². The maximum absolute atomic E-state index is 13.5. The Bertz CT molecular complexity index is 961. The van der Waals surface area contributed by atoms with Crippen molar-refractivity contribution in [1.29, 1.82) is 0 Å². The second-order valence-corrected chi connectivity index (χ2v) is 11.3. The Morgan fingerprint density at radius 2 is 1.47 bits per heavy atom. The smallest absolute Gasteiger partial charge is 0.162 e. The summed E-state index contributed by atoms with van der Waals surface area (Å²) in [5, 5.41) is 10.0. The Morgan fingerprint density at radius 1 is 0.967 bits per heavy atom. The molecule has 4 rings (SSSR count). The molecule has 5 heteroatoms. The van der Waals surface area contributed by atoms with Gasteiger partial charge in [-0.25, -0.2) is 0 Å². The minimum absolute atomic E-state index is 0.102. The number of carbonyl (C=O) groups is 2. The van der Waals surface area contributed by atoms with Crippen molar-refractivity contribution in [3.05, 3.63) is 50.8 Å². The van der Waals surface area contributed by atoms with Crippen LogP contribution in [0.2, 0.25) is 0 Å². The maximum Gasteiger partial charge on any atom is 0.162 e. The molecule has 1 aromatic rings. The van der Waals surface area contributed by atoms with E-state index in [0.29, 0.717) is 17.3 Å². The van der Waals surface area contributed by atoms with Crippen LogP contribution in [0.5, 0.6) is 5.75 Å². The van der Waals surface area contributed by atoms with Gasteiger partial charge >= 0.3 is 0 Å². The van der Waals surface area contributed by atoms with Crippen molar-refractivity contribution in [3.63, 3.8) is 0 Å². The lowest BCUT2D eigenvalue weighted by molar-refractivity contribution is -0.119. The molecule has 4 nitrogen and oxygen atoms in total. The van der Waals surface area contributed by atoms with Crippen molar-refractivity contribution in [2.24, 2.45) is 10.8 Å². The summed E-state index contributed by atoms with van der Waals surface area (Å²) in [5.74, 6) is 0.0680. The van der Waals surface area contributed by atoms with E-state index in [9.17, 15) is 14.7 Å². The Kier molecular flexibility index (Phi) is 5.04. The van der Waals surface area contributed by atoms with E-state index in [1.54, 1.807) is 6.07 Å². The van der Waals surface area contributed by atoms with Crippen molar-refractivity contribution in [2.45, 2.75) is 66.2 Å². The first kappa shape index (κ1) is 21.4. The molecular formula is C25H30BrNO3. The molecular weight excluding hydrogens is 442 g/mol. The van der Waals surface area contributed by atoms with Gasteiger partial charge in [0.2, 0.25) is 0 Å². The number of hydrogen-bond donors (Lipinski definition) is 1. The fourth-order valence-corrected chi connectivity index (χ4v) is 5.86. The molecule has 0 bridgehead atoms. The van der Waals surface area contributed by atoms with Crippen molar-refractivity contribution < 1.29 is 14.7 Å². The number of rotatable bonds is 2. The third kappa shape index (κ3) is 3.45. The van der Waals surface area contributed by atoms with Crippen molar-refractivity contribution >= 4 is 27.5 Å². The Labute approximate surface area is 187 Å². The van der Waals surface area contributed by atoms with E-state index < -0.39 is 0 Å². The summed E-state index contributed by atoms with van der Waals surface area (Å²) in [7, 11) is 0. The molecule has 1 N–H and O–H groups in total. The van der Waals surface area contributed by atoms with Gasteiger partial charge in [0, 0.05) is 47.8 Å². The normalized spacial score (nSPS) is 23.6. The lowest BCUT2D eigenvalue weighted by Gasteiger charge is -2.48. The van der Waals surface area contributed by atoms with Gasteiger partial charge < -0.3 is 10.0 Å². The number of nitrogens with zero attached hydrogens (tertiary/aromatic N) is 1. The molecule has 0 saturated carbocycles. The third-order valence-electron chi connectivity index (χ3n) is 6.64. The predicted octanol–water partition coefficient (Wildman–Crippen LogP) is 5.86. The van der Waals surface area contributed by atoms with Crippen LogP contribution < -0.4 is 0 Å². The van der Waals surface area contributed by atoms with Crippen LogP contribution in [-0.4, -0.2) is 28.1 Å². The van der Waals surface area contributed by atoms with E-state index >= 15 is 0 Å². The topological polar surface area (TPSA) is 57.6 Å². The van der Waals surface area contributed by atoms with Gasteiger partial charge in [0.05, 0.1) is 4.47 Å². The minimum Gasteiger partial charge on any atom is -0.507 e. The number of hydrogen-bond acceptors (Lipinski definition) is 4. The van der Waals surface area contributed by atoms with Gasteiger partial charge in [0.15, 0.2) is 11.6 Å². The summed E-state index contributed by atoms with van der Waals surface area (Å²) in [6, 6.07) is 5.35. The van der Waals surface area contributed by atoms with Crippen LogP contribution in [0.1, 0.15) is 71.8 Å². The molecule has 160 valence electrons. The van der Waals surface area contributed by atoms with E-state index in [2.05, 4.69) is 55.4 Å². The number of aromatic hydroxyl groups is 1. The molecule has 0 unspecified atom stereocenters. The van der Waals surface area contributed by atoms with Crippen molar-refractivity contribution in [2.75, 3.05) is 6.54 Å². The quantitative estimate of drug-likeness (QED) is 0.586. The van der Waals surface area contributed by atoms with E-state index in [-0.39, 0.29) is 34.1 Å². The maximum atomic E-state index is 13.5. The van der Waals surface area contributed by atoms with Crippen LogP contribution in [0.4, 0.5) is 0 Å². The lowest BCUT2D eigenvalue weighted by Crippen LogP contribution is -2.44. The standard InChI is InChI=1S/C25H30BrNO3/c1-6-27-16-10-24(2,3)12-19(29)22(16)21(14-7-8-18(28)15(26)9-14)23-17(27)11-25(4,5)13-20(23)30/h7-9,21,28H,6,10-13H2,1-5H3. The van der Waals surface area contributed by atoms with E-state index in [4.69, 9.17) is 0 Å². The summed E-state index contributed by atoms with van der Waals surface area (Å²) in [5.41, 5.74) is 4.40. The number of allylic oxidation sites excluding steroid dienone is 4. The summed E-state index contributed by atoms with van der Waals surface area (Å²) in [6.45, 7) is 11.4. The third-order valence-corrected chi connectivity index (χ3v) is 7.28. The molecule has 30 heavy (non-hydrogen) atoms. The molecule has 0 radical (unpaired) electrons. The van der Waals surface area contributed by atoms with E-state index in [1.165, 1.54) is 0 Å². The van der Waals surface area contributed by atoms with Crippen LogP contribution in [0.3, 0.4) is 0 Å². The molecule has 0 spiro atoms. The first-order chi connectivity index (χ1) is 13.9. The average molecular weight is 472 g/mol. The van der Waals surface area contributed by atoms with Crippen molar-refractivity contribution in [3.8, 4) is 5.75 Å². The van der Waals surface area contributed by atoms with Crippen LogP contribution in [0, 0.1) is 10.8 Å². The zero-order valence-corrected chi connectivity index (χ0v) is 20.0. The van der Waals surface area contributed by atoms with E-state index in [1.807, 2.05) is 12.1 Å².